The van der Waals surface area contributed by atoms with Crippen LogP contribution in [0.2, 0.25) is 0 Å². The van der Waals surface area contributed by atoms with Crippen molar-refractivity contribution in [1.82, 2.24) is 4.57 Å². The Morgan fingerprint density at radius 3 is 2.26 bits per heavy atom. The van der Waals surface area contributed by atoms with Crippen LogP contribution in [0.15, 0.2) is 102 Å². The first-order chi connectivity index (χ1) is 16.5. The predicted octanol–water partition coefficient (Wildman–Crippen LogP) is 7.43. The summed E-state index contributed by atoms with van der Waals surface area (Å²) in [4.78, 5) is 13.6. The van der Waals surface area contributed by atoms with E-state index < -0.39 is 0 Å². The van der Waals surface area contributed by atoms with Crippen molar-refractivity contribution in [2.24, 2.45) is 0 Å². The van der Waals surface area contributed by atoms with Crippen molar-refractivity contribution >= 4 is 10.8 Å². The molecule has 0 aliphatic heterocycles. The molecule has 5 rings (SSSR count). The highest BCUT2D eigenvalue weighted by Crippen LogP contribution is 2.31. The number of ether oxygens (including phenoxy) is 1. The van der Waals surface area contributed by atoms with Crippen molar-refractivity contribution in [2.75, 3.05) is 0 Å². The van der Waals surface area contributed by atoms with Crippen LogP contribution < -0.4 is 10.3 Å². The van der Waals surface area contributed by atoms with Crippen LogP contribution >= 0.6 is 0 Å². The molecule has 1 aromatic heterocycles. The maximum Gasteiger partial charge on any atom is 0.259 e. The number of nitrogens with zero attached hydrogens (tertiary/aromatic N) is 1. The van der Waals surface area contributed by atoms with Crippen molar-refractivity contribution in [3.63, 3.8) is 0 Å². The van der Waals surface area contributed by atoms with E-state index in [-0.39, 0.29) is 5.56 Å². The van der Waals surface area contributed by atoms with Crippen LogP contribution in [-0.4, -0.2) is 4.57 Å². The molecule has 0 bridgehead atoms. The maximum absolute atomic E-state index is 13.6. The van der Waals surface area contributed by atoms with Gasteiger partial charge in [-0.25, -0.2) is 0 Å². The van der Waals surface area contributed by atoms with Crippen LogP contribution in [0.5, 0.6) is 11.5 Å². The molecular weight excluding hydrogens is 418 g/mol. The minimum atomic E-state index is 0.0235. The molecule has 0 saturated heterocycles. The van der Waals surface area contributed by atoms with Crippen molar-refractivity contribution < 1.29 is 4.74 Å². The number of fused-ring (bicyclic) bond motifs is 1. The summed E-state index contributed by atoms with van der Waals surface area (Å²) in [5, 5.41) is 1.68. The summed E-state index contributed by atoms with van der Waals surface area (Å²) in [6.45, 7) is 6.75. The minimum absolute atomic E-state index is 0.0235. The van der Waals surface area contributed by atoms with Gasteiger partial charge in [0.15, 0.2) is 0 Å². The molecule has 0 fully saturated rings. The molecule has 3 nitrogen and oxygen atoms in total. The third kappa shape index (κ3) is 4.25. The first kappa shape index (κ1) is 21.7. The smallest absolute Gasteiger partial charge is 0.259 e. The van der Waals surface area contributed by atoms with Gasteiger partial charge in [-0.15, -0.1) is 0 Å². The van der Waals surface area contributed by atoms with Gasteiger partial charge in [-0.05, 0) is 90.9 Å². The topological polar surface area (TPSA) is 31.2 Å². The molecule has 0 spiro atoms. The van der Waals surface area contributed by atoms with Crippen LogP contribution in [0.25, 0.3) is 22.0 Å². The highest BCUT2D eigenvalue weighted by atomic mass is 16.5. The number of rotatable bonds is 5. The zero-order valence-corrected chi connectivity index (χ0v) is 19.7. The molecule has 0 saturated carbocycles. The lowest BCUT2D eigenvalue weighted by atomic mass is 10.0. The van der Waals surface area contributed by atoms with Gasteiger partial charge in [-0.1, -0.05) is 60.2 Å². The van der Waals surface area contributed by atoms with Crippen LogP contribution in [-0.2, 0) is 6.54 Å². The zero-order valence-electron chi connectivity index (χ0n) is 19.7. The largest absolute Gasteiger partial charge is 0.457 e. The van der Waals surface area contributed by atoms with E-state index >= 15 is 0 Å². The summed E-state index contributed by atoms with van der Waals surface area (Å²) >= 11 is 0. The van der Waals surface area contributed by atoms with E-state index in [2.05, 4.69) is 44.2 Å². The quantitative estimate of drug-likeness (QED) is 0.282. The third-order valence-corrected chi connectivity index (χ3v) is 6.29. The van der Waals surface area contributed by atoms with E-state index in [1.165, 1.54) is 11.1 Å². The summed E-state index contributed by atoms with van der Waals surface area (Å²) in [5.41, 5.74) is 6.48. The summed E-state index contributed by atoms with van der Waals surface area (Å²) in [6, 6.07) is 32.2. The molecule has 0 radical (unpaired) electrons. The maximum atomic E-state index is 13.6. The van der Waals surface area contributed by atoms with E-state index in [0.717, 1.165) is 44.7 Å². The normalized spacial score (nSPS) is 11.0. The van der Waals surface area contributed by atoms with Gasteiger partial charge in [0.2, 0.25) is 0 Å². The molecule has 0 amide bonds. The Labute approximate surface area is 199 Å². The number of benzene rings is 4. The van der Waals surface area contributed by atoms with Gasteiger partial charge in [0.1, 0.15) is 11.5 Å². The Balaban J connectivity index is 1.63. The van der Waals surface area contributed by atoms with Gasteiger partial charge in [-0.2, -0.15) is 0 Å². The van der Waals surface area contributed by atoms with Gasteiger partial charge >= 0.3 is 0 Å². The highest BCUT2D eigenvalue weighted by Gasteiger charge is 2.14. The van der Waals surface area contributed by atoms with E-state index in [1.807, 2.05) is 78.2 Å². The minimum Gasteiger partial charge on any atom is -0.457 e. The fraction of sp³-hybridized carbons (Fsp3) is 0.129. The molecule has 3 heteroatoms. The SMILES string of the molecule is Cc1ccc(Cn2c(-c3ccc(Oc4ccccc4)c(C)c3)cc3ccccc3c2=O)c(C)c1. The molecule has 0 atom stereocenters. The first-order valence-electron chi connectivity index (χ1n) is 11.5. The van der Waals surface area contributed by atoms with Crippen molar-refractivity contribution in [2.45, 2.75) is 27.3 Å². The molecule has 0 N–H and O–H groups in total. The van der Waals surface area contributed by atoms with Crippen LogP contribution in [0, 0.1) is 20.8 Å². The number of aryl methyl sites for hydroxylation is 3. The van der Waals surface area contributed by atoms with E-state index in [0.29, 0.717) is 6.54 Å². The Bertz CT molecular complexity index is 1550. The highest BCUT2D eigenvalue weighted by molar-refractivity contribution is 5.85. The van der Waals surface area contributed by atoms with Gasteiger partial charge < -0.3 is 9.30 Å². The number of hydrogen-bond donors (Lipinski definition) is 0. The van der Waals surface area contributed by atoms with Crippen LogP contribution in [0.4, 0.5) is 0 Å². The second kappa shape index (κ2) is 9.03. The van der Waals surface area contributed by atoms with Crippen molar-refractivity contribution in [1.29, 1.82) is 0 Å². The standard InChI is InChI=1S/C31H27NO2/c1-21-13-14-26(22(2)17-21)20-32-29(19-24-9-7-8-12-28(24)31(32)33)25-15-16-30(23(3)18-25)34-27-10-5-4-6-11-27/h4-19H,20H2,1-3H3. The Kier molecular flexibility index (Phi) is 5.77. The van der Waals surface area contributed by atoms with Crippen molar-refractivity contribution in [3.05, 3.63) is 130 Å². The van der Waals surface area contributed by atoms with Crippen LogP contribution in [0.1, 0.15) is 22.3 Å². The Hall–Kier alpha value is -4.11. The van der Waals surface area contributed by atoms with Crippen LogP contribution in [0.3, 0.4) is 0 Å². The number of aromatic nitrogens is 1. The van der Waals surface area contributed by atoms with E-state index in [1.54, 1.807) is 0 Å². The summed E-state index contributed by atoms with van der Waals surface area (Å²) < 4.78 is 7.97. The average molecular weight is 446 g/mol. The molecule has 34 heavy (non-hydrogen) atoms. The predicted molar refractivity (Wildman–Crippen MR) is 140 cm³/mol. The molecule has 0 aliphatic carbocycles. The van der Waals surface area contributed by atoms with E-state index in [9.17, 15) is 4.79 Å². The molecule has 168 valence electrons. The summed E-state index contributed by atoms with van der Waals surface area (Å²) in [7, 11) is 0. The molecule has 0 unspecified atom stereocenters. The van der Waals surface area contributed by atoms with Gasteiger partial charge in [0.05, 0.1) is 12.2 Å². The monoisotopic (exact) mass is 445 g/mol. The fourth-order valence-corrected chi connectivity index (χ4v) is 4.43. The Morgan fingerprint density at radius 1 is 0.735 bits per heavy atom. The third-order valence-electron chi connectivity index (χ3n) is 6.29. The van der Waals surface area contributed by atoms with Gasteiger partial charge in [0, 0.05) is 5.39 Å². The summed E-state index contributed by atoms with van der Waals surface area (Å²) in [5.74, 6) is 1.61. The second-order valence-electron chi connectivity index (χ2n) is 8.83. The van der Waals surface area contributed by atoms with Gasteiger partial charge in [-0.3, -0.25) is 4.79 Å². The molecule has 0 aliphatic rings. The Morgan fingerprint density at radius 2 is 1.50 bits per heavy atom. The van der Waals surface area contributed by atoms with E-state index in [4.69, 9.17) is 4.74 Å². The van der Waals surface area contributed by atoms with Gasteiger partial charge in [0.25, 0.3) is 5.56 Å². The molecule has 5 aromatic rings. The second-order valence-corrected chi connectivity index (χ2v) is 8.83. The molecule has 1 heterocycles. The fourth-order valence-electron chi connectivity index (χ4n) is 4.43. The zero-order chi connectivity index (χ0) is 23.7. The lowest BCUT2D eigenvalue weighted by Gasteiger charge is -2.18. The molecular formula is C31H27NO2. The lowest BCUT2D eigenvalue weighted by Crippen LogP contribution is -2.23. The molecule has 4 aromatic carbocycles. The number of hydrogen-bond acceptors (Lipinski definition) is 2. The lowest BCUT2D eigenvalue weighted by molar-refractivity contribution is 0.479. The number of pyridine rings is 1. The first-order valence-corrected chi connectivity index (χ1v) is 11.5. The number of para-hydroxylation sites is 1. The average Bonchev–Trinajstić information content (AvgIpc) is 2.84. The van der Waals surface area contributed by atoms with Crippen molar-refractivity contribution in [3.8, 4) is 22.8 Å². The summed E-state index contributed by atoms with van der Waals surface area (Å²) in [6.07, 6.45) is 0.